The molecule has 0 bridgehead atoms. The van der Waals surface area contributed by atoms with Crippen molar-refractivity contribution in [2.75, 3.05) is 32.1 Å². The van der Waals surface area contributed by atoms with Gasteiger partial charge in [-0.3, -0.25) is 19.7 Å². The Kier molecular flexibility index (Phi) is 8.77. The van der Waals surface area contributed by atoms with Gasteiger partial charge in [-0.05, 0) is 31.5 Å². The fourth-order valence-electron chi connectivity index (χ4n) is 3.66. The maximum absolute atomic E-state index is 13.2. The van der Waals surface area contributed by atoms with E-state index >= 15 is 0 Å². The van der Waals surface area contributed by atoms with E-state index in [4.69, 9.17) is 9.84 Å². The Morgan fingerprint density at radius 1 is 1.14 bits per heavy atom. The molecule has 2 aromatic carbocycles. The summed E-state index contributed by atoms with van der Waals surface area (Å²) in [4.78, 5) is 38.4. The molecule has 0 saturated carbocycles. The van der Waals surface area contributed by atoms with Gasteiger partial charge in [0.25, 0.3) is 11.6 Å². The average Bonchev–Trinajstić information content (AvgIpc) is 3.28. The number of nitro benzene ring substituents is 1. The summed E-state index contributed by atoms with van der Waals surface area (Å²) in [5, 5.41) is 18.8. The number of aromatic nitrogens is 2. The summed E-state index contributed by atoms with van der Waals surface area (Å²) >= 11 is 0. The zero-order valence-corrected chi connectivity index (χ0v) is 21.9. The number of nitrogens with zero attached hydrogens (tertiary/aromatic N) is 4. The predicted molar refractivity (Wildman–Crippen MR) is 141 cm³/mol. The zero-order chi connectivity index (χ0) is 27.2. The topological polar surface area (TPSA) is 120 Å². The monoisotopic (exact) mass is 507 g/mol. The third kappa shape index (κ3) is 7.23. The van der Waals surface area contributed by atoms with Gasteiger partial charge < -0.3 is 15.0 Å². The van der Waals surface area contributed by atoms with Gasteiger partial charge in [-0.2, -0.15) is 5.10 Å². The Hall–Kier alpha value is -4.05. The van der Waals surface area contributed by atoms with Crippen molar-refractivity contribution in [1.82, 2.24) is 14.7 Å². The number of methoxy groups -OCH3 is 1. The van der Waals surface area contributed by atoms with Crippen LogP contribution in [0.2, 0.25) is 0 Å². The van der Waals surface area contributed by atoms with Gasteiger partial charge in [0.1, 0.15) is 12.4 Å². The van der Waals surface area contributed by atoms with Gasteiger partial charge in [-0.1, -0.05) is 44.5 Å². The molecule has 196 valence electrons. The van der Waals surface area contributed by atoms with Crippen molar-refractivity contribution in [3.05, 3.63) is 81.5 Å². The predicted octanol–water partition coefficient (Wildman–Crippen LogP) is 4.50. The van der Waals surface area contributed by atoms with E-state index in [9.17, 15) is 19.7 Å². The Morgan fingerprint density at radius 2 is 1.84 bits per heavy atom. The van der Waals surface area contributed by atoms with E-state index in [1.54, 1.807) is 11.8 Å². The second-order valence-electron chi connectivity index (χ2n) is 9.84. The highest BCUT2D eigenvalue weighted by Crippen LogP contribution is 2.26. The summed E-state index contributed by atoms with van der Waals surface area (Å²) in [6.45, 7) is 8.51. The molecule has 37 heavy (non-hydrogen) atoms. The molecule has 0 radical (unpaired) electrons. The number of aryl methyl sites for hydroxylation is 1. The van der Waals surface area contributed by atoms with Crippen LogP contribution in [0.15, 0.2) is 54.6 Å². The Balaban J connectivity index is 1.86. The van der Waals surface area contributed by atoms with Crippen LogP contribution in [0.3, 0.4) is 0 Å². The second kappa shape index (κ2) is 11.8. The van der Waals surface area contributed by atoms with Gasteiger partial charge in [-0.25, -0.2) is 4.68 Å². The number of rotatable bonds is 10. The van der Waals surface area contributed by atoms with Crippen molar-refractivity contribution in [1.29, 1.82) is 0 Å². The number of hydrogen-bond acceptors (Lipinski definition) is 6. The third-order valence-electron chi connectivity index (χ3n) is 5.73. The van der Waals surface area contributed by atoms with Crippen LogP contribution < -0.4 is 5.32 Å². The Labute approximate surface area is 216 Å². The zero-order valence-electron chi connectivity index (χ0n) is 21.9. The quantitative estimate of drug-likeness (QED) is 0.245. The molecule has 3 aromatic rings. The molecule has 10 heteroatoms. The van der Waals surface area contributed by atoms with Crippen molar-refractivity contribution >= 4 is 23.3 Å². The van der Waals surface area contributed by atoms with E-state index in [1.807, 2.05) is 58.0 Å². The molecule has 0 spiro atoms. The largest absolute Gasteiger partial charge is 0.385 e. The van der Waals surface area contributed by atoms with E-state index in [2.05, 4.69) is 5.32 Å². The van der Waals surface area contributed by atoms with Gasteiger partial charge in [0, 0.05) is 49.4 Å². The smallest absolute Gasteiger partial charge is 0.270 e. The summed E-state index contributed by atoms with van der Waals surface area (Å²) in [7, 11) is 1.55. The minimum absolute atomic E-state index is 0.138. The number of non-ortho nitro benzene ring substituents is 1. The molecule has 0 aliphatic carbocycles. The molecule has 1 heterocycles. The van der Waals surface area contributed by atoms with E-state index in [-0.39, 0.29) is 29.8 Å². The number of anilines is 1. The van der Waals surface area contributed by atoms with Crippen molar-refractivity contribution in [3.63, 3.8) is 0 Å². The summed E-state index contributed by atoms with van der Waals surface area (Å²) in [6.07, 6.45) is 0.500. The maximum Gasteiger partial charge on any atom is 0.270 e. The molecule has 0 unspecified atom stereocenters. The highest BCUT2D eigenvalue weighted by Gasteiger charge is 2.24. The number of carbonyl (C=O) groups is 2. The summed E-state index contributed by atoms with van der Waals surface area (Å²) < 4.78 is 6.77. The number of carbonyl (C=O) groups excluding carboxylic acids is 2. The molecule has 0 fully saturated rings. The fourth-order valence-corrected chi connectivity index (χ4v) is 3.66. The number of benzene rings is 2. The number of nitro groups is 1. The van der Waals surface area contributed by atoms with Crippen LogP contribution >= 0.6 is 0 Å². The van der Waals surface area contributed by atoms with Crippen LogP contribution in [0, 0.1) is 17.0 Å². The lowest BCUT2D eigenvalue weighted by Crippen LogP contribution is -2.39. The van der Waals surface area contributed by atoms with Gasteiger partial charge in [0.05, 0.1) is 16.3 Å². The first kappa shape index (κ1) is 27.5. The van der Waals surface area contributed by atoms with Crippen molar-refractivity contribution in [2.45, 2.75) is 39.5 Å². The molecule has 3 rings (SSSR count). The third-order valence-corrected chi connectivity index (χ3v) is 5.73. The Morgan fingerprint density at radius 3 is 2.46 bits per heavy atom. The van der Waals surface area contributed by atoms with Gasteiger partial charge >= 0.3 is 0 Å². The maximum atomic E-state index is 13.2. The molecule has 1 N–H and O–H groups in total. The van der Waals surface area contributed by atoms with E-state index in [1.165, 1.54) is 29.2 Å². The fraction of sp³-hybridized carbons (Fsp3) is 0.370. The van der Waals surface area contributed by atoms with E-state index in [0.717, 1.165) is 16.9 Å². The minimum Gasteiger partial charge on any atom is -0.385 e. The first-order valence-corrected chi connectivity index (χ1v) is 12.0. The standard InChI is InChI=1S/C27H33N5O5/c1-19-10-12-21(13-11-19)31-24(17-23(29-31)27(2,3)4)28-25(33)18-30(14-7-15-37-5)26(34)20-8-6-9-22(16-20)32(35)36/h6,8-13,16-17H,7,14-15,18H2,1-5H3,(H,28,33). The van der Waals surface area contributed by atoms with Crippen LogP contribution in [0.25, 0.3) is 5.69 Å². The lowest BCUT2D eigenvalue weighted by molar-refractivity contribution is -0.384. The average molecular weight is 508 g/mol. The minimum atomic E-state index is -0.558. The van der Waals surface area contributed by atoms with Crippen LogP contribution in [0.5, 0.6) is 0 Å². The number of amides is 2. The lowest BCUT2D eigenvalue weighted by atomic mass is 9.92. The summed E-state index contributed by atoms with van der Waals surface area (Å²) in [6, 6.07) is 15.1. The first-order valence-electron chi connectivity index (χ1n) is 12.0. The molecule has 10 nitrogen and oxygen atoms in total. The van der Waals surface area contributed by atoms with Crippen LogP contribution in [0.1, 0.15) is 48.8 Å². The van der Waals surface area contributed by atoms with Crippen LogP contribution in [-0.2, 0) is 14.9 Å². The highest BCUT2D eigenvalue weighted by atomic mass is 16.6. The van der Waals surface area contributed by atoms with Crippen molar-refractivity contribution < 1.29 is 19.2 Å². The normalized spacial score (nSPS) is 11.3. The van der Waals surface area contributed by atoms with E-state index in [0.29, 0.717) is 18.8 Å². The van der Waals surface area contributed by atoms with Crippen molar-refractivity contribution in [2.24, 2.45) is 0 Å². The van der Waals surface area contributed by atoms with Crippen molar-refractivity contribution in [3.8, 4) is 5.69 Å². The molecule has 0 aliphatic rings. The molecule has 0 aliphatic heterocycles. The number of hydrogen-bond donors (Lipinski definition) is 1. The summed E-state index contributed by atoms with van der Waals surface area (Å²) in [5.41, 5.74) is 2.39. The molecular formula is C27H33N5O5. The number of ether oxygens (including phenoxy) is 1. The van der Waals surface area contributed by atoms with Gasteiger partial charge in [-0.15, -0.1) is 0 Å². The van der Waals surface area contributed by atoms with Gasteiger partial charge in [0.2, 0.25) is 5.91 Å². The van der Waals surface area contributed by atoms with Gasteiger partial charge in [0.15, 0.2) is 0 Å². The van der Waals surface area contributed by atoms with E-state index < -0.39 is 16.7 Å². The molecule has 0 saturated heterocycles. The Bertz CT molecular complexity index is 1260. The lowest BCUT2D eigenvalue weighted by Gasteiger charge is -2.22. The van der Waals surface area contributed by atoms with Crippen LogP contribution in [0.4, 0.5) is 11.5 Å². The molecule has 1 aromatic heterocycles. The molecule has 0 atom stereocenters. The second-order valence-corrected chi connectivity index (χ2v) is 9.84. The summed E-state index contributed by atoms with van der Waals surface area (Å²) in [5.74, 6) is -0.402. The number of nitrogens with one attached hydrogen (secondary N) is 1. The molecular weight excluding hydrogens is 474 g/mol. The first-order chi connectivity index (χ1) is 17.5. The highest BCUT2D eigenvalue weighted by molar-refractivity contribution is 5.99. The molecule has 2 amide bonds. The SMILES string of the molecule is COCCCN(CC(=O)Nc1cc(C(C)(C)C)nn1-c1ccc(C)cc1)C(=O)c1cccc([N+](=O)[O-])c1. The van der Waals surface area contributed by atoms with Crippen LogP contribution in [-0.4, -0.2) is 58.2 Å².